The summed E-state index contributed by atoms with van der Waals surface area (Å²) in [6.07, 6.45) is 12.7. The van der Waals surface area contributed by atoms with Gasteiger partial charge in [0.05, 0.1) is 5.69 Å². The second kappa shape index (κ2) is 9.79. The summed E-state index contributed by atoms with van der Waals surface area (Å²) in [5.74, 6) is 8.33. The zero-order valence-corrected chi connectivity index (χ0v) is 16.4. The Balaban J connectivity index is 1.52. The van der Waals surface area contributed by atoms with Gasteiger partial charge in [0.1, 0.15) is 0 Å². The maximum atomic E-state index is 5.94. The third kappa shape index (κ3) is 5.61. The fraction of sp³-hybridized carbons (Fsp3) is 0.458. The van der Waals surface area contributed by atoms with Crippen LogP contribution in [0, 0.1) is 23.7 Å². The van der Waals surface area contributed by atoms with Gasteiger partial charge in [-0.05, 0) is 55.9 Å². The van der Waals surface area contributed by atoms with Gasteiger partial charge in [-0.15, -0.1) is 0 Å². The first-order valence-electron chi connectivity index (χ1n) is 9.98. The SMILES string of the molecule is CCCCC[C@H]1CC[C@H](C#Cc2ccc(-c3ccc(Cl)cc3)nc2)CC1. The topological polar surface area (TPSA) is 12.9 Å². The van der Waals surface area contributed by atoms with Crippen LogP contribution in [0.15, 0.2) is 42.6 Å². The van der Waals surface area contributed by atoms with Gasteiger partial charge in [0.2, 0.25) is 0 Å². The fourth-order valence-electron chi connectivity index (χ4n) is 3.72. The lowest BCUT2D eigenvalue weighted by Gasteiger charge is -2.25. The van der Waals surface area contributed by atoms with Gasteiger partial charge in [-0.2, -0.15) is 0 Å². The summed E-state index contributed by atoms with van der Waals surface area (Å²) >= 11 is 5.94. The standard InChI is InChI=1S/C24H28ClN/c1-2-3-4-5-19-6-8-20(9-7-19)10-11-21-12-17-24(26-18-21)22-13-15-23(25)16-14-22/h12-20H,2-9H2,1H3/t19-,20-. The Hall–Kier alpha value is -1.78. The van der Waals surface area contributed by atoms with E-state index in [1.165, 1.54) is 51.4 Å². The van der Waals surface area contributed by atoms with Crippen molar-refractivity contribution in [3.8, 4) is 23.1 Å². The lowest BCUT2D eigenvalue weighted by molar-refractivity contribution is 0.294. The molecule has 3 rings (SSSR count). The number of rotatable bonds is 5. The van der Waals surface area contributed by atoms with Crippen LogP contribution in [0.5, 0.6) is 0 Å². The summed E-state index contributed by atoms with van der Waals surface area (Å²) in [4.78, 5) is 4.55. The van der Waals surface area contributed by atoms with E-state index in [0.717, 1.165) is 27.8 Å². The molecule has 0 atom stereocenters. The van der Waals surface area contributed by atoms with E-state index < -0.39 is 0 Å². The first-order chi connectivity index (χ1) is 12.7. The highest BCUT2D eigenvalue weighted by molar-refractivity contribution is 6.30. The molecule has 0 unspecified atom stereocenters. The first kappa shape index (κ1) is 19.0. The monoisotopic (exact) mass is 365 g/mol. The van der Waals surface area contributed by atoms with Crippen LogP contribution in [-0.2, 0) is 0 Å². The zero-order valence-electron chi connectivity index (χ0n) is 15.7. The number of benzene rings is 1. The van der Waals surface area contributed by atoms with Gasteiger partial charge in [0.25, 0.3) is 0 Å². The van der Waals surface area contributed by atoms with E-state index in [-0.39, 0.29) is 0 Å². The zero-order chi connectivity index (χ0) is 18.2. The second-order valence-electron chi connectivity index (χ2n) is 7.42. The largest absolute Gasteiger partial charge is 0.255 e. The molecule has 1 aromatic heterocycles. The Morgan fingerprint density at radius 2 is 1.77 bits per heavy atom. The number of halogens is 1. The second-order valence-corrected chi connectivity index (χ2v) is 7.86. The number of hydrogen-bond donors (Lipinski definition) is 0. The molecule has 136 valence electrons. The van der Waals surface area contributed by atoms with E-state index >= 15 is 0 Å². The molecule has 0 amide bonds. The lowest BCUT2D eigenvalue weighted by Crippen LogP contribution is -2.13. The first-order valence-corrected chi connectivity index (χ1v) is 10.4. The minimum absolute atomic E-state index is 0.563. The maximum Gasteiger partial charge on any atom is 0.0702 e. The average molecular weight is 366 g/mol. The Morgan fingerprint density at radius 3 is 2.42 bits per heavy atom. The predicted octanol–water partition coefficient (Wildman–Crippen LogP) is 7.14. The van der Waals surface area contributed by atoms with Crippen LogP contribution in [0.1, 0.15) is 63.9 Å². The van der Waals surface area contributed by atoms with E-state index in [9.17, 15) is 0 Å². The molecule has 0 bridgehead atoms. The summed E-state index contributed by atoms with van der Waals surface area (Å²) in [5, 5.41) is 0.747. The van der Waals surface area contributed by atoms with Crippen LogP contribution in [-0.4, -0.2) is 4.98 Å². The van der Waals surface area contributed by atoms with Gasteiger partial charge in [0.15, 0.2) is 0 Å². The molecule has 1 heterocycles. The molecule has 1 aromatic carbocycles. The molecule has 1 fully saturated rings. The number of aromatic nitrogens is 1. The molecule has 0 N–H and O–H groups in total. The van der Waals surface area contributed by atoms with Crippen LogP contribution in [0.3, 0.4) is 0 Å². The molecule has 0 saturated heterocycles. The Morgan fingerprint density at radius 1 is 1.00 bits per heavy atom. The summed E-state index contributed by atoms with van der Waals surface area (Å²) in [5.41, 5.74) is 3.04. The van der Waals surface area contributed by atoms with Crippen molar-refractivity contribution in [2.75, 3.05) is 0 Å². The normalized spacial score (nSPS) is 19.6. The molecule has 0 aliphatic heterocycles. The third-order valence-corrected chi connectivity index (χ3v) is 5.64. The minimum Gasteiger partial charge on any atom is -0.255 e. The Kier molecular flexibility index (Phi) is 7.15. The van der Waals surface area contributed by atoms with Crippen LogP contribution >= 0.6 is 11.6 Å². The van der Waals surface area contributed by atoms with Crippen LogP contribution in [0.25, 0.3) is 11.3 Å². The molecule has 26 heavy (non-hydrogen) atoms. The number of pyridine rings is 1. The van der Waals surface area contributed by atoms with E-state index in [1.807, 2.05) is 36.5 Å². The lowest BCUT2D eigenvalue weighted by atomic mass is 9.80. The van der Waals surface area contributed by atoms with Crippen LogP contribution < -0.4 is 0 Å². The fourth-order valence-corrected chi connectivity index (χ4v) is 3.85. The maximum absolute atomic E-state index is 5.94. The smallest absolute Gasteiger partial charge is 0.0702 e. The highest BCUT2D eigenvalue weighted by atomic mass is 35.5. The van der Waals surface area contributed by atoms with Gasteiger partial charge in [-0.25, -0.2) is 0 Å². The van der Waals surface area contributed by atoms with Gasteiger partial charge < -0.3 is 0 Å². The molecule has 1 aliphatic carbocycles. The van der Waals surface area contributed by atoms with Crippen molar-refractivity contribution < 1.29 is 0 Å². The van der Waals surface area contributed by atoms with Crippen molar-refractivity contribution >= 4 is 11.6 Å². The molecule has 1 aliphatic rings. The summed E-state index contributed by atoms with van der Waals surface area (Å²) in [7, 11) is 0. The minimum atomic E-state index is 0.563. The number of unbranched alkanes of at least 4 members (excludes halogenated alkanes) is 2. The average Bonchev–Trinajstić information content (AvgIpc) is 2.69. The van der Waals surface area contributed by atoms with Crippen molar-refractivity contribution in [2.45, 2.75) is 58.3 Å². The van der Waals surface area contributed by atoms with Crippen molar-refractivity contribution in [3.63, 3.8) is 0 Å². The Bertz CT molecular complexity index is 729. The van der Waals surface area contributed by atoms with Crippen LogP contribution in [0.4, 0.5) is 0 Å². The van der Waals surface area contributed by atoms with Gasteiger partial charge in [0, 0.05) is 28.3 Å². The number of nitrogens with zero attached hydrogens (tertiary/aromatic N) is 1. The van der Waals surface area contributed by atoms with E-state index in [2.05, 4.69) is 29.8 Å². The van der Waals surface area contributed by atoms with Crippen molar-refractivity contribution in [3.05, 3.63) is 53.2 Å². The van der Waals surface area contributed by atoms with E-state index in [0.29, 0.717) is 5.92 Å². The summed E-state index contributed by atoms with van der Waals surface area (Å²) in [6, 6.07) is 11.9. The predicted molar refractivity (Wildman–Crippen MR) is 111 cm³/mol. The summed E-state index contributed by atoms with van der Waals surface area (Å²) in [6.45, 7) is 2.28. The quantitative estimate of drug-likeness (QED) is 0.405. The van der Waals surface area contributed by atoms with Gasteiger partial charge in [-0.1, -0.05) is 68.2 Å². The third-order valence-electron chi connectivity index (χ3n) is 5.39. The van der Waals surface area contributed by atoms with E-state index in [1.54, 1.807) is 0 Å². The molecular formula is C24H28ClN. The van der Waals surface area contributed by atoms with E-state index in [4.69, 9.17) is 11.6 Å². The summed E-state index contributed by atoms with van der Waals surface area (Å²) < 4.78 is 0. The molecule has 1 nitrogen and oxygen atoms in total. The number of hydrogen-bond acceptors (Lipinski definition) is 1. The van der Waals surface area contributed by atoms with Crippen LogP contribution in [0.2, 0.25) is 5.02 Å². The highest BCUT2D eigenvalue weighted by Crippen LogP contribution is 2.31. The molecule has 0 radical (unpaired) electrons. The molecule has 2 aromatic rings. The molecule has 2 heteroatoms. The highest BCUT2D eigenvalue weighted by Gasteiger charge is 2.19. The molecular weight excluding hydrogens is 338 g/mol. The molecule has 0 spiro atoms. The van der Waals surface area contributed by atoms with Crippen molar-refractivity contribution in [1.82, 2.24) is 4.98 Å². The Labute approximate surface area is 163 Å². The molecule has 1 saturated carbocycles. The van der Waals surface area contributed by atoms with Crippen molar-refractivity contribution in [1.29, 1.82) is 0 Å². The van der Waals surface area contributed by atoms with Gasteiger partial charge in [-0.3, -0.25) is 4.98 Å². The van der Waals surface area contributed by atoms with Gasteiger partial charge >= 0.3 is 0 Å². The van der Waals surface area contributed by atoms with Crippen molar-refractivity contribution in [2.24, 2.45) is 11.8 Å².